The number of carboxylic acids is 1. The van der Waals surface area contributed by atoms with E-state index < -0.39 is 17.5 Å². The Hall–Kier alpha value is -3.29. The SMILES string of the molecule is CCCn1nc(-c2ccc(C(C)(F)F)cc2)nc1CCCc1ccc(OC(C)(C)C(=O)O)c(C)c1. The van der Waals surface area contributed by atoms with Gasteiger partial charge >= 0.3 is 5.97 Å². The molecule has 0 saturated heterocycles. The molecule has 1 N–H and O–H groups in total. The number of hydrogen-bond donors (Lipinski definition) is 1. The van der Waals surface area contributed by atoms with Gasteiger partial charge in [-0.2, -0.15) is 5.10 Å². The van der Waals surface area contributed by atoms with Crippen LogP contribution in [-0.4, -0.2) is 31.4 Å². The molecule has 0 bridgehead atoms. The number of nitrogens with zero attached hydrogens (tertiary/aromatic N) is 3. The summed E-state index contributed by atoms with van der Waals surface area (Å²) in [6.45, 7) is 8.64. The van der Waals surface area contributed by atoms with Crippen LogP contribution in [0.1, 0.15) is 63.1 Å². The molecule has 0 spiro atoms. The Kier molecular flexibility index (Phi) is 7.93. The molecule has 0 aliphatic heterocycles. The van der Waals surface area contributed by atoms with Gasteiger partial charge in [0, 0.05) is 31.0 Å². The molecule has 0 aliphatic carbocycles. The first-order valence-corrected chi connectivity index (χ1v) is 11.8. The summed E-state index contributed by atoms with van der Waals surface area (Å²) >= 11 is 0. The maximum Gasteiger partial charge on any atom is 0.347 e. The van der Waals surface area contributed by atoms with Crippen LogP contribution in [0.15, 0.2) is 42.5 Å². The standard InChI is InChI=1S/C27H33F2N3O3/c1-6-16-32-23(30-24(31-32)20-11-13-21(14-12-20)27(5,28)29)9-7-8-19-10-15-22(18(2)17-19)35-26(3,4)25(33)34/h10-15,17H,6-9,16H2,1-5H3,(H,33,34). The van der Waals surface area contributed by atoms with Crippen molar-refractivity contribution in [1.82, 2.24) is 14.8 Å². The molecule has 0 radical (unpaired) electrons. The van der Waals surface area contributed by atoms with Gasteiger partial charge in [-0.1, -0.05) is 43.3 Å². The number of rotatable bonds is 11. The summed E-state index contributed by atoms with van der Waals surface area (Å²) in [5, 5.41) is 13.9. The fourth-order valence-electron chi connectivity index (χ4n) is 3.74. The molecule has 1 aromatic heterocycles. The Morgan fingerprint density at radius 2 is 1.77 bits per heavy atom. The highest BCUT2D eigenvalue weighted by Gasteiger charge is 2.30. The van der Waals surface area contributed by atoms with Crippen LogP contribution in [0, 0.1) is 6.92 Å². The number of aromatic nitrogens is 3. The van der Waals surface area contributed by atoms with Crippen LogP contribution in [0.4, 0.5) is 8.78 Å². The van der Waals surface area contributed by atoms with Gasteiger partial charge in [-0.05, 0) is 57.2 Å². The normalized spacial score (nSPS) is 12.1. The van der Waals surface area contributed by atoms with Crippen LogP contribution in [0.2, 0.25) is 0 Å². The summed E-state index contributed by atoms with van der Waals surface area (Å²) in [7, 11) is 0. The summed E-state index contributed by atoms with van der Waals surface area (Å²) in [6.07, 6.45) is 3.30. The van der Waals surface area contributed by atoms with E-state index in [1.165, 1.54) is 26.0 Å². The molecular weight excluding hydrogens is 452 g/mol. The van der Waals surface area contributed by atoms with Crippen LogP contribution in [0.5, 0.6) is 5.75 Å². The lowest BCUT2D eigenvalue weighted by Crippen LogP contribution is -2.38. The monoisotopic (exact) mass is 485 g/mol. The summed E-state index contributed by atoms with van der Waals surface area (Å²) in [5.74, 6) is -1.94. The zero-order valence-electron chi connectivity index (χ0n) is 20.9. The van der Waals surface area contributed by atoms with Gasteiger partial charge in [0.05, 0.1) is 0 Å². The van der Waals surface area contributed by atoms with Crippen molar-refractivity contribution in [3.63, 3.8) is 0 Å². The first-order valence-electron chi connectivity index (χ1n) is 11.8. The molecule has 35 heavy (non-hydrogen) atoms. The van der Waals surface area contributed by atoms with Crippen molar-refractivity contribution in [2.45, 2.75) is 78.4 Å². The minimum Gasteiger partial charge on any atom is -0.478 e. The number of carboxylic acid groups (broad SMARTS) is 1. The molecule has 0 aliphatic rings. The van der Waals surface area contributed by atoms with Gasteiger partial charge < -0.3 is 9.84 Å². The van der Waals surface area contributed by atoms with Crippen LogP contribution in [-0.2, 0) is 30.1 Å². The lowest BCUT2D eigenvalue weighted by molar-refractivity contribution is -0.152. The molecule has 0 amide bonds. The first kappa shape index (κ1) is 26.3. The second-order valence-electron chi connectivity index (χ2n) is 9.41. The fraction of sp³-hybridized carbons (Fsp3) is 0.444. The van der Waals surface area contributed by atoms with E-state index in [9.17, 15) is 18.7 Å². The smallest absolute Gasteiger partial charge is 0.347 e. The van der Waals surface area contributed by atoms with E-state index in [2.05, 4.69) is 12.0 Å². The summed E-state index contributed by atoms with van der Waals surface area (Å²) < 4.78 is 34.6. The number of hydrogen-bond acceptors (Lipinski definition) is 4. The lowest BCUT2D eigenvalue weighted by atomic mass is 10.0. The van der Waals surface area contributed by atoms with Crippen molar-refractivity contribution < 1.29 is 23.4 Å². The third-order valence-electron chi connectivity index (χ3n) is 5.82. The Morgan fingerprint density at radius 3 is 2.34 bits per heavy atom. The third-order valence-corrected chi connectivity index (χ3v) is 5.82. The highest BCUT2D eigenvalue weighted by atomic mass is 19.3. The summed E-state index contributed by atoms with van der Waals surface area (Å²) in [4.78, 5) is 16.0. The van der Waals surface area contributed by atoms with Gasteiger partial charge in [0.2, 0.25) is 0 Å². The molecule has 6 nitrogen and oxygen atoms in total. The van der Waals surface area contributed by atoms with E-state index in [0.29, 0.717) is 17.1 Å². The molecule has 0 unspecified atom stereocenters. The number of alkyl halides is 2. The zero-order valence-corrected chi connectivity index (χ0v) is 20.9. The third kappa shape index (κ3) is 6.65. The van der Waals surface area contributed by atoms with Gasteiger partial charge in [0.25, 0.3) is 5.92 Å². The lowest BCUT2D eigenvalue weighted by Gasteiger charge is -2.23. The van der Waals surface area contributed by atoms with E-state index in [0.717, 1.165) is 56.1 Å². The average Bonchev–Trinajstić information content (AvgIpc) is 3.18. The minimum absolute atomic E-state index is 0.0345. The minimum atomic E-state index is -2.88. The van der Waals surface area contributed by atoms with E-state index in [1.807, 2.05) is 29.8 Å². The Labute approximate surface area is 205 Å². The first-order chi connectivity index (χ1) is 16.4. The molecule has 3 rings (SSSR count). The van der Waals surface area contributed by atoms with Crippen molar-refractivity contribution in [2.24, 2.45) is 0 Å². The highest BCUT2D eigenvalue weighted by molar-refractivity contribution is 5.76. The Balaban J connectivity index is 1.68. The van der Waals surface area contributed by atoms with Crippen molar-refractivity contribution in [3.05, 3.63) is 65.0 Å². The number of benzene rings is 2. The molecule has 0 atom stereocenters. The molecule has 1 heterocycles. The fourth-order valence-corrected chi connectivity index (χ4v) is 3.74. The second-order valence-corrected chi connectivity index (χ2v) is 9.41. The molecule has 3 aromatic rings. The van der Waals surface area contributed by atoms with E-state index in [1.54, 1.807) is 12.1 Å². The maximum absolute atomic E-state index is 13.5. The van der Waals surface area contributed by atoms with Crippen molar-refractivity contribution in [3.8, 4) is 17.1 Å². The van der Waals surface area contributed by atoms with E-state index in [-0.39, 0.29) is 5.56 Å². The number of ether oxygens (including phenoxy) is 1. The van der Waals surface area contributed by atoms with Crippen LogP contribution >= 0.6 is 0 Å². The van der Waals surface area contributed by atoms with Gasteiger partial charge in [0.15, 0.2) is 11.4 Å². The van der Waals surface area contributed by atoms with Gasteiger partial charge in [0.1, 0.15) is 11.6 Å². The number of aliphatic carboxylic acids is 1. The van der Waals surface area contributed by atoms with E-state index >= 15 is 0 Å². The average molecular weight is 486 g/mol. The highest BCUT2D eigenvalue weighted by Crippen LogP contribution is 2.29. The summed E-state index contributed by atoms with van der Waals surface area (Å²) in [5.41, 5.74) is 1.39. The van der Waals surface area contributed by atoms with Crippen LogP contribution in [0.25, 0.3) is 11.4 Å². The molecule has 188 valence electrons. The maximum atomic E-state index is 13.5. The Morgan fingerprint density at radius 1 is 1.09 bits per heavy atom. The molecule has 0 saturated carbocycles. The van der Waals surface area contributed by atoms with Crippen molar-refractivity contribution in [2.75, 3.05) is 0 Å². The summed E-state index contributed by atoms with van der Waals surface area (Å²) in [6, 6.07) is 11.9. The second kappa shape index (κ2) is 10.5. The van der Waals surface area contributed by atoms with Crippen molar-refractivity contribution >= 4 is 5.97 Å². The Bertz CT molecular complexity index is 1170. The molecule has 8 heteroatoms. The predicted molar refractivity (Wildman–Crippen MR) is 131 cm³/mol. The van der Waals surface area contributed by atoms with Gasteiger partial charge in [-0.25, -0.2) is 23.2 Å². The molecular formula is C27H33F2N3O3. The van der Waals surface area contributed by atoms with Crippen molar-refractivity contribution in [1.29, 1.82) is 0 Å². The topological polar surface area (TPSA) is 77.2 Å². The predicted octanol–water partition coefficient (Wildman–Crippen LogP) is 6.19. The largest absolute Gasteiger partial charge is 0.478 e. The number of aryl methyl sites for hydroxylation is 4. The van der Waals surface area contributed by atoms with Gasteiger partial charge in [-0.15, -0.1) is 0 Å². The zero-order chi connectivity index (χ0) is 25.8. The number of halogens is 2. The number of carbonyl (C=O) groups is 1. The van der Waals surface area contributed by atoms with Crippen LogP contribution < -0.4 is 4.74 Å². The van der Waals surface area contributed by atoms with E-state index in [4.69, 9.17) is 9.72 Å². The molecule has 0 fully saturated rings. The van der Waals surface area contributed by atoms with Crippen LogP contribution in [0.3, 0.4) is 0 Å². The quantitative estimate of drug-likeness (QED) is 0.350. The molecule has 2 aromatic carbocycles. The van der Waals surface area contributed by atoms with Gasteiger partial charge in [-0.3, -0.25) is 0 Å².